The smallest absolute Gasteiger partial charge is 0.118 e. The molecule has 4 nitrogen and oxygen atoms in total. The van der Waals surface area contributed by atoms with Gasteiger partial charge in [0.05, 0.1) is 6.10 Å². The van der Waals surface area contributed by atoms with Crippen LogP contribution in [0.15, 0.2) is 24.8 Å². The highest BCUT2D eigenvalue weighted by atomic mass is 16.6. The van der Waals surface area contributed by atoms with Crippen molar-refractivity contribution in [2.75, 3.05) is 6.61 Å². The van der Waals surface area contributed by atoms with Gasteiger partial charge in [0.2, 0.25) is 0 Å². The summed E-state index contributed by atoms with van der Waals surface area (Å²) in [6.07, 6.45) is 5.51. The molecule has 2 saturated heterocycles. The fraction of sp³-hybridized carbons (Fsp3) is 0.636. The Morgan fingerprint density at radius 1 is 1.27 bits per heavy atom. The fourth-order valence-corrected chi connectivity index (χ4v) is 1.60. The maximum atomic E-state index is 9.34. The van der Waals surface area contributed by atoms with Crippen LogP contribution in [-0.4, -0.2) is 47.3 Å². The first-order chi connectivity index (χ1) is 7.26. The summed E-state index contributed by atoms with van der Waals surface area (Å²) >= 11 is 0. The molecule has 2 aliphatic heterocycles. The summed E-state index contributed by atoms with van der Waals surface area (Å²) in [6, 6.07) is 0. The van der Waals surface area contributed by atoms with Crippen LogP contribution in [-0.2, 0) is 9.47 Å². The zero-order valence-electron chi connectivity index (χ0n) is 8.45. The molecule has 5 atom stereocenters. The van der Waals surface area contributed by atoms with Crippen molar-refractivity contribution in [1.82, 2.24) is 0 Å². The summed E-state index contributed by atoms with van der Waals surface area (Å²) in [5.74, 6) is 0. The molecule has 2 N–H and O–H groups in total. The Balaban J connectivity index is 1.67. The average molecular weight is 212 g/mol. The Morgan fingerprint density at radius 2 is 2.00 bits per heavy atom. The maximum Gasteiger partial charge on any atom is 0.118 e. The van der Waals surface area contributed by atoms with Crippen molar-refractivity contribution < 1.29 is 19.7 Å². The Morgan fingerprint density at radius 3 is 2.67 bits per heavy atom. The van der Waals surface area contributed by atoms with Gasteiger partial charge in [0.15, 0.2) is 0 Å². The molecule has 0 bridgehead atoms. The highest BCUT2D eigenvalue weighted by Crippen LogP contribution is 2.30. The third-order valence-corrected chi connectivity index (χ3v) is 2.67. The van der Waals surface area contributed by atoms with E-state index in [1.54, 1.807) is 0 Å². The highest BCUT2D eigenvalue weighted by molar-refractivity contribution is 5.13. The zero-order chi connectivity index (χ0) is 10.8. The van der Waals surface area contributed by atoms with E-state index in [1.807, 2.05) is 12.2 Å². The molecule has 0 aromatic rings. The van der Waals surface area contributed by atoms with Crippen LogP contribution >= 0.6 is 0 Å². The van der Waals surface area contributed by atoms with Crippen molar-refractivity contribution in [3.05, 3.63) is 24.8 Å². The van der Waals surface area contributed by atoms with E-state index in [2.05, 4.69) is 6.58 Å². The molecule has 15 heavy (non-hydrogen) atoms. The van der Waals surface area contributed by atoms with Crippen molar-refractivity contribution in [3.63, 3.8) is 0 Å². The van der Waals surface area contributed by atoms with Crippen molar-refractivity contribution in [1.29, 1.82) is 0 Å². The summed E-state index contributed by atoms with van der Waals surface area (Å²) in [7, 11) is 0. The van der Waals surface area contributed by atoms with Crippen LogP contribution in [0.2, 0.25) is 0 Å². The maximum absolute atomic E-state index is 9.34. The average Bonchev–Trinajstić information content (AvgIpc) is 3.09. The van der Waals surface area contributed by atoms with Gasteiger partial charge in [-0.2, -0.15) is 0 Å². The molecule has 84 valence electrons. The SMILES string of the molecule is C=C[C@@H](O)[C@@H]1O[C@H]1C=C[C@@H]1O[C@H]1CCO. The number of aliphatic hydroxyl groups is 2. The molecule has 0 saturated carbocycles. The number of ether oxygens (including phenoxy) is 2. The van der Waals surface area contributed by atoms with E-state index < -0.39 is 6.10 Å². The Labute approximate surface area is 88.8 Å². The van der Waals surface area contributed by atoms with Crippen molar-refractivity contribution >= 4 is 0 Å². The first-order valence-electron chi connectivity index (χ1n) is 5.17. The molecule has 2 rings (SSSR count). The monoisotopic (exact) mass is 212 g/mol. The van der Waals surface area contributed by atoms with Gasteiger partial charge in [0.1, 0.15) is 24.4 Å². The van der Waals surface area contributed by atoms with Gasteiger partial charge in [0.25, 0.3) is 0 Å². The molecule has 2 heterocycles. The van der Waals surface area contributed by atoms with E-state index >= 15 is 0 Å². The van der Waals surface area contributed by atoms with Crippen LogP contribution in [0.4, 0.5) is 0 Å². The number of epoxide rings is 2. The Kier molecular flexibility index (Phi) is 3.21. The topological polar surface area (TPSA) is 65.5 Å². The fourth-order valence-electron chi connectivity index (χ4n) is 1.60. The minimum Gasteiger partial charge on any atom is -0.396 e. The van der Waals surface area contributed by atoms with Crippen molar-refractivity contribution in [3.8, 4) is 0 Å². The van der Waals surface area contributed by atoms with E-state index in [-0.39, 0.29) is 31.0 Å². The highest BCUT2D eigenvalue weighted by Gasteiger charge is 2.42. The Bertz CT molecular complexity index is 263. The number of rotatable bonds is 6. The lowest BCUT2D eigenvalue weighted by atomic mass is 10.1. The summed E-state index contributed by atoms with van der Waals surface area (Å²) in [5, 5.41) is 18.0. The molecule has 0 aromatic carbocycles. The van der Waals surface area contributed by atoms with Gasteiger partial charge >= 0.3 is 0 Å². The predicted molar refractivity (Wildman–Crippen MR) is 54.4 cm³/mol. The van der Waals surface area contributed by atoms with E-state index in [0.717, 1.165) is 0 Å². The van der Waals surface area contributed by atoms with Gasteiger partial charge in [-0.3, -0.25) is 0 Å². The standard InChI is InChI=1S/C11H16O4/c1-2-7(13)11-10(15-11)4-3-8-9(14-8)5-6-12/h2-4,7-13H,1,5-6H2/t7-,8+,9+,10+,11+/m1/s1. The second kappa shape index (κ2) is 4.45. The van der Waals surface area contributed by atoms with Gasteiger partial charge in [-0.1, -0.05) is 18.2 Å². The lowest BCUT2D eigenvalue weighted by molar-refractivity contribution is 0.178. The summed E-state index contributed by atoms with van der Waals surface area (Å²) in [6.45, 7) is 3.65. The van der Waals surface area contributed by atoms with Gasteiger partial charge in [-0.05, 0) is 6.42 Å². The van der Waals surface area contributed by atoms with Gasteiger partial charge in [-0.25, -0.2) is 0 Å². The number of aliphatic hydroxyl groups excluding tert-OH is 2. The van der Waals surface area contributed by atoms with Crippen LogP contribution in [0.3, 0.4) is 0 Å². The summed E-state index contributed by atoms with van der Waals surface area (Å²) in [4.78, 5) is 0. The third-order valence-electron chi connectivity index (χ3n) is 2.67. The lowest BCUT2D eigenvalue weighted by Gasteiger charge is -1.95. The summed E-state index contributed by atoms with van der Waals surface area (Å²) in [5.41, 5.74) is 0. The molecule has 2 aliphatic rings. The molecule has 0 spiro atoms. The summed E-state index contributed by atoms with van der Waals surface area (Å²) < 4.78 is 10.5. The molecular formula is C11H16O4. The van der Waals surface area contributed by atoms with Crippen LogP contribution in [0.25, 0.3) is 0 Å². The molecule has 0 amide bonds. The van der Waals surface area contributed by atoms with Gasteiger partial charge < -0.3 is 19.7 Å². The Hall–Kier alpha value is -0.680. The molecule has 0 radical (unpaired) electrons. The zero-order valence-corrected chi connectivity index (χ0v) is 8.45. The van der Waals surface area contributed by atoms with Crippen LogP contribution < -0.4 is 0 Å². The van der Waals surface area contributed by atoms with Gasteiger partial charge in [0, 0.05) is 6.61 Å². The third kappa shape index (κ3) is 2.66. The van der Waals surface area contributed by atoms with Crippen molar-refractivity contribution in [2.24, 2.45) is 0 Å². The quantitative estimate of drug-likeness (QED) is 0.480. The molecule has 4 heteroatoms. The van der Waals surface area contributed by atoms with E-state index in [9.17, 15) is 5.11 Å². The minimum atomic E-state index is -0.590. The van der Waals surface area contributed by atoms with Crippen LogP contribution in [0, 0.1) is 0 Å². The molecule has 0 unspecified atom stereocenters. The van der Waals surface area contributed by atoms with E-state index in [4.69, 9.17) is 14.6 Å². The lowest BCUT2D eigenvalue weighted by Crippen LogP contribution is -2.12. The van der Waals surface area contributed by atoms with Gasteiger partial charge in [-0.15, -0.1) is 6.58 Å². The molecule has 2 fully saturated rings. The normalized spacial score (nSPS) is 40.4. The number of hydrogen-bond donors (Lipinski definition) is 2. The minimum absolute atomic E-state index is 0.0167. The molecule has 0 aromatic heterocycles. The van der Waals surface area contributed by atoms with Crippen molar-refractivity contribution in [2.45, 2.75) is 36.9 Å². The first kappa shape index (κ1) is 10.8. The van der Waals surface area contributed by atoms with E-state index in [1.165, 1.54) is 6.08 Å². The second-order valence-corrected chi connectivity index (χ2v) is 3.83. The second-order valence-electron chi connectivity index (χ2n) is 3.83. The predicted octanol–water partition coefficient (Wildman–Crippen LogP) is 0.00670. The molecular weight excluding hydrogens is 196 g/mol. The van der Waals surface area contributed by atoms with Crippen LogP contribution in [0.1, 0.15) is 6.42 Å². The molecule has 0 aliphatic carbocycles. The number of hydrogen-bond acceptors (Lipinski definition) is 4. The largest absolute Gasteiger partial charge is 0.396 e. The first-order valence-corrected chi connectivity index (χ1v) is 5.17. The van der Waals surface area contributed by atoms with Crippen LogP contribution in [0.5, 0.6) is 0 Å². The van der Waals surface area contributed by atoms with E-state index in [0.29, 0.717) is 6.42 Å².